The summed E-state index contributed by atoms with van der Waals surface area (Å²) < 4.78 is 0. The number of rotatable bonds is 12. The van der Waals surface area contributed by atoms with E-state index in [0.29, 0.717) is 11.8 Å². The smallest absolute Gasteiger partial charge is 0.322 e. The van der Waals surface area contributed by atoms with Gasteiger partial charge in [0.25, 0.3) is 0 Å². The number of unbranched alkanes of at least 4 members (excludes halogenated alkanes) is 8. The molecule has 2 aromatic carbocycles. The summed E-state index contributed by atoms with van der Waals surface area (Å²) in [5.41, 5.74) is 4.25. The maximum absolute atomic E-state index is 13.2. The minimum Gasteiger partial charge on any atom is -0.338 e. The molecular weight excluding hydrogens is 532 g/mol. The van der Waals surface area contributed by atoms with E-state index in [-0.39, 0.29) is 23.1 Å². The Kier molecular flexibility index (Phi) is 11.2. The molecule has 0 radical (unpaired) electrons. The number of hydrogen-bond donors (Lipinski definition) is 2. The number of carbonyl (C=O) groups is 2. The summed E-state index contributed by atoms with van der Waals surface area (Å²) in [7, 11) is 0. The third-order valence-electron chi connectivity index (χ3n) is 9.55. The maximum Gasteiger partial charge on any atom is 0.322 e. The molecule has 236 valence electrons. The average molecular weight is 589 g/mol. The van der Waals surface area contributed by atoms with Crippen LogP contribution in [0.1, 0.15) is 135 Å². The lowest BCUT2D eigenvalue weighted by molar-refractivity contribution is 0.235. The lowest BCUT2D eigenvalue weighted by Crippen LogP contribution is -2.55. The maximum atomic E-state index is 13.2. The zero-order valence-corrected chi connectivity index (χ0v) is 27.7. The van der Waals surface area contributed by atoms with Gasteiger partial charge in [0.05, 0.1) is 0 Å². The molecule has 43 heavy (non-hydrogen) atoms. The molecule has 0 saturated carbocycles. The normalized spacial score (nSPS) is 20.2. The number of para-hydroxylation sites is 2. The molecular formula is C37H56N4O2. The van der Waals surface area contributed by atoms with Gasteiger partial charge in [-0.1, -0.05) is 95.2 Å². The summed E-state index contributed by atoms with van der Waals surface area (Å²) >= 11 is 0. The number of nitrogens with zero attached hydrogens (tertiary/aromatic N) is 2. The van der Waals surface area contributed by atoms with Crippen LogP contribution in [0.15, 0.2) is 48.5 Å². The van der Waals surface area contributed by atoms with Crippen LogP contribution in [0.4, 0.5) is 21.0 Å². The van der Waals surface area contributed by atoms with Crippen molar-refractivity contribution in [2.24, 2.45) is 0 Å². The summed E-state index contributed by atoms with van der Waals surface area (Å²) in [5.74, 6) is 0.909. The van der Waals surface area contributed by atoms with E-state index in [1.165, 1.54) is 43.2 Å². The van der Waals surface area contributed by atoms with E-state index < -0.39 is 0 Å². The predicted molar refractivity (Wildman–Crippen MR) is 180 cm³/mol. The fraction of sp³-hybridized carbons (Fsp3) is 0.622. The van der Waals surface area contributed by atoms with Crippen LogP contribution in [0.3, 0.4) is 0 Å². The van der Waals surface area contributed by atoms with Crippen LogP contribution in [0.5, 0.6) is 0 Å². The fourth-order valence-corrected chi connectivity index (χ4v) is 7.57. The minimum absolute atomic E-state index is 0.0274. The highest BCUT2D eigenvalue weighted by Crippen LogP contribution is 2.44. The van der Waals surface area contributed by atoms with Gasteiger partial charge >= 0.3 is 12.1 Å². The van der Waals surface area contributed by atoms with E-state index in [1.807, 2.05) is 21.9 Å². The lowest BCUT2D eigenvalue weighted by Gasteiger charge is -2.45. The number of anilines is 2. The number of carbonyl (C=O) groups excluding carboxylic acids is 2. The highest BCUT2D eigenvalue weighted by Gasteiger charge is 2.40. The molecule has 0 aliphatic carbocycles. The van der Waals surface area contributed by atoms with Gasteiger partial charge in [0.15, 0.2) is 0 Å². The quantitative estimate of drug-likeness (QED) is 0.243. The van der Waals surface area contributed by atoms with Gasteiger partial charge in [-0.05, 0) is 88.5 Å². The Balaban J connectivity index is 1.04. The van der Waals surface area contributed by atoms with Crippen molar-refractivity contribution in [1.29, 1.82) is 0 Å². The van der Waals surface area contributed by atoms with Crippen molar-refractivity contribution in [2.45, 2.75) is 135 Å². The van der Waals surface area contributed by atoms with Crippen LogP contribution in [0.2, 0.25) is 0 Å². The largest absolute Gasteiger partial charge is 0.338 e. The third-order valence-corrected chi connectivity index (χ3v) is 9.55. The molecule has 2 aromatic rings. The van der Waals surface area contributed by atoms with Crippen molar-refractivity contribution in [3.05, 3.63) is 59.7 Å². The van der Waals surface area contributed by atoms with E-state index in [4.69, 9.17) is 0 Å². The molecule has 2 unspecified atom stereocenters. The third kappa shape index (κ3) is 8.13. The lowest BCUT2D eigenvalue weighted by atomic mass is 9.80. The minimum atomic E-state index is -0.196. The van der Waals surface area contributed by atoms with Crippen molar-refractivity contribution < 1.29 is 9.59 Å². The van der Waals surface area contributed by atoms with Crippen LogP contribution in [-0.2, 0) is 0 Å². The van der Waals surface area contributed by atoms with Gasteiger partial charge < -0.3 is 10.6 Å². The Hall–Kier alpha value is -3.02. The molecule has 2 N–H and O–H groups in total. The topological polar surface area (TPSA) is 64.7 Å². The summed E-state index contributed by atoms with van der Waals surface area (Å²) in [6, 6.07) is 16.7. The zero-order chi connectivity index (χ0) is 31.0. The monoisotopic (exact) mass is 588 g/mol. The van der Waals surface area contributed by atoms with Crippen molar-refractivity contribution in [3.63, 3.8) is 0 Å². The molecule has 0 aromatic heterocycles. The Morgan fingerprint density at radius 1 is 0.605 bits per heavy atom. The van der Waals surface area contributed by atoms with Crippen molar-refractivity contribution in [1.82, 2.24) is 10.6 Å². The number of hydrogen-bond acceptors (Lipinski definition) is 2. The Bertz CT molecular complexity index is 1130. The molecule has 0 bridgehead atoms. The molecule has 4 rings (SSSR count). The average Bonchev–Trinajstić information content (AvgIpc) is 2.94. The molecule has 0 spiro atoms. The second kappa shape index (κ2) is 14.6. The Labute approximate surface area is 261 Å². The van der Waals surface area contributed by atoms with Crippen molar-refractivity contribution in [3.8, 4) is 0 Å². The second-order valence-electron chi connectivity index (χ2n) is 14.3. The molecule has 0 fully saturated rings. The first kappa shape index (κ1) is 32.9. The number of benzene rings is 2. The number of fused-ring (bicyclic) bond motifs is 2. The molecule has 4 amide bonds. The molecule has 6 nitrogen and oxygen atoms in total. The highest BCUT2D eigenvalue weighted by molar-refractivity contribution is 5.95. The molecule has 2 aliphatic heterocycles. The first-order valence-electron chi connectivity index (χ1n) is 16.9. The van der Waals surface area contributed by atoms with E-state index in [0.717, 1.165) is 63.0 Å². The van der Waals surface area contributed by atoms with Gasteiger partial charge in [0, 0.05) is 35.5 Å². The van der Waals surface area contributed by atoms with Crippen molar-refractivity contribution in [2.75, 3.05) is 22.9 Å². The standard InChI is InChI=1S/C37H56N4O2/c1-28-26-36(3,4)40(32-22-16-14-20-30(28)32)34(42)38-24-18-12-10-8-7-9-11-13-19-25-39-35(43)41-33-23-17-15-21-31(33)29(2)27-37(41,5)6/h14-17,20-23,28-29H,7-13,18-19,24-27H2,1-6H3,(H,38,42)(H,39,43). The zero-order valence-electron chi connectivity index (χ0n) is 27.7. The van der Waals surface area contributed by atoms with Gasteiger partial charge in [0.2, 0.25) is 0 Å². The number of amides is 4. The fourth-order valence-electron chi connectivity index (χ4n) is 7.57. The van der Waals surface area contributed by atoms with Crippen LogP contribution in [0, 0.1) is 0 Å². The van der Waals surface area contributed by atoms with Gasteiger partial charge in [-0.2, -0.15) is 0 Å². The van der Waals surface area contributed by atoms with E-state index >= 15 is 0 Å². The second-order valence-corrected chi connectivity index (χ2v) is 14.3. The summed E-state index contributed by atoms with van der Waals surface area (Å²) in [6.45, 7) is 14.7. The first-order valence-corrected chi connectivity index (χ1v) is 16.9. The van der Waals surface area contributed by atoms with Crippen LogP contribution in [-0.4, -0.2) is 36.2 Å². The van der Waals surface area contributed by atoms with E-state index in [2.05, 4.69) is 88.6 Å². The summed E-state index contributed by atoms with van der Waals surface area (Å²) in [6.07, 6.45) is 12.5. The first-order chi connectivity index (χ1) is 20.5. The summed E-state index contributed by atoms with van der Waals surface area (Å²) in [4.78, 5) is 30.3. The van der Waals surface area contributed by atoms with Crippen molar-refractivity contribution >= 4 is 23.4 Å². The van der Waals surface area contributed by atoms with Crippen LogP contribution in [0.25, 0.3) is 0 Å². The van der Waals surface area contributed by atoms with Crippen LogP contribution < -0.4 is 20.4 Å². The molecule has 2 aliphatic rings. The van der Waals surface area contributed by atoms with Gasteiger partial charge in [-0.15, -0.1) is 0 Å². The van der Waals surface area contributed by atoms with Gasteiger partial charge in [-0.3, -0.25) is 9.80 Å². The molecule has 2 heterocycles. The molecule has 2 atom stereocenters. The van der Waals surface area contributed by atoms with E-state index in [1.54, 1.807) is 0 Å². The van der Waals surface area contributed by atoms with Crippen LogP contribution >= 0.6 is 0 Å². The Morgan fingerprint density at radius 3 is 1.30 bits per heavy atom. The number of nitrogens with one attached hydrogen (secondary N) is 2. The van der Waals surface area contributed by atoms with E-state index in [9.17, 15) is 9.59 Å². The summed E-state index contributed by atoms with van der Waals surface area (Å²) in [5, 5.41) is 6.38. The van der Waals surface area contributed by atoms with Gasteiger partial charge in [-0.25, -0.2) is 9.59 Å². The molecule has 0 saturated heterocycles. The van der Waals surface area contributed by atoms with Gasteiger partial charge in [0.1, 0.15) is 0 Å². The number of urea groups is 2. The predicted octanol–water partition coefficient (Wildman–Crippen LogP) is 9.50. The molecule has 6 heteroatoms. The SMILES string of the molecule is CC1CC(C)(C)N(C(=O)NCCCCCCCCCCCNC(=O)N2c3ccccc3C(C)CC2(C)C)c2ccccc21. The Morgan fingerprint density at radius 2 is 0.930 bits per heavy atom. The highest BCUT2D eigenvalue weighted by atomic mass is 16.2.